The van der Waals surface area contributed by atoms with Crippen LogP contribution in [0.2, 0.25) is 0 Å². The minimum absolute atomic E-state index is 0.187. The van der Waals surface area contributed by atoms with Gasteiger partial charge in [0, 0.05) is 13.1 Å². The minimum atomic E-state index is -0.879. The van der Waals surface area contributed by atoms with E-state index in [1.807, 2.05) is 18.9 Å². The second-order valence-electron chi connectivity index (χ2n) is 5.78. The molecule has 126 valence electrons. The lowest BCUT2D eigenvalue weighted by Gasteiger charge is -2.24. The number of aryl methyl sites for hydroxylation is 1. The van der Waals surface area contributed by atoms with Gasteiger partial charge >= 0.3 is 0 Å². The zero-order chi connectivity index (χ0) is 17.4. The first-order valence-corrected chi connectivity index (χ1v) is 7.43. The van der Waals surface area contributed by atoms with Gasteiger partial charge in [0.2, 0.25) is 0 Å². The van der Waals surface area contributed by atoms with Crippen molar-refractivity contribution in [1.82, 2.24) is 24.6 Å². The van der Waals surface area contributed by atoms with Crippen molar-refractivity contribution in [3.05, 3.63) is 57.8 Å². The van der Waals surface area contributed by atoms with Gasteiger partial charge in [0.15, 0.2) is 17.3 Å². The molecular formula is C16H17F2N5O. The van der Waals surface area contributed by atoms with Gasteiger partial charge in [0.1, 0.15) is 11.2 Å². The molecule has 0 saturated heterocycles. The Labute approximate surface area is 136 Å². The van der Waals surface area contributed by atoms with E-state index in [9.17, 15) is 13.6 Å². The highest BCUT2D eigenvalue weighted by Crippen LogP contribution is 2.22. The molecule has 0 amide bonds. The van der Waals surface area contributed by atoms with Crippen molar-refractivity contribution in [2.24, 2.45) is 7.05 Å². The molecule has 8 heteroatoms. The van der Waals surface area contributed by atoms with Crippen molar-refractivity contribution in [2.45, 2.75) is 19.5 Å². The molecule has 2 heterocycles. The Hall–Kier alpha value is -2.61. The molecule has 0 spiro atoms. The fourth-order valence-corrected chi connectivity index (χ4v) is 2.55. The summed E-state index contributed by atoms with van der Waals surface area (Å²) in [4.78, 5) is 21.1. The first-order valence-electron chi connectivity index (χ1n) is 7.43. The SMILES string of the molecule is C[C@@H](c1ccc(F)c(F)c1)N(C)Cc1nc2c(cnn2C)c(=O)[nH]1. The first-order chi connectivity index (χ1) is 11.4. The lowest BCUT2D eigenvalue weighted by atomic mass is 10.1. The smallest absolute Gasteiger partial charge is 0.262 e. The van der Waals surface area contributed by atoms with Crippen LogP contribution in [0.5, 0.6) is 0 Å². The average Bonchev–Trinajstić information content (AvgIpc) is 2.91. The van der Waals surface area contributed by atoms with Crippen LogP contribution in [0.4, 0.5) is 8.78 Å². The molecule has 0 saturated carbocycles. The number of benzene rings is 1. The van der Waals surface area contributed by atoms with Gasteiger partial charge in [-0.3, -0.25) is 14.4 Å². The fourth-order valence-electron chi connectivity index (χ4n) is 2.55. The van der Waals surface area contributed by atoms with Crippen molar-refractivity contribution in [1.29, 1.82) is 0 Å². The number of aromatic nitrogens is 4. The molecule has 6 nitrogen and oxygen atoms in total. The van der Waals surface area contributed by atoms with E-state index in [1.54, 1.807) is 13.1 Å². The zero-order valence-corrected chi connectivity index (χ0v) is 13.5. The third-order valence-corrected chi connectivity index (χ3v) is 4.14. The fraction of sp³-hybridized carbons (Fsp3) is 0.312. The molecule has 24 heavy (non-hydrogen) atoms. The van der Waals surface area contributed by atoms with Gasteiger partial charge in [0.25, 0.3) is 5.56 Å². The quantitative estimate of drug-likeness (QED) is 0.794. The van der Waals surface area contributed by atoms with Crippen LogP contribution in [-0.2, 0) is 13.6 Å². The van der Waals surface area contributed by atoms with Gasteiger partial charge in [-0.2, -0.15) is 5.10 Å². The van der Waals surface area contributed by atoms with Crippen LogP contribution < -0.4 is 5.56 Å². The van der Waals surface area contributed by atoms with Gasteiger partial charge in [-0.1, -0.05) is 6.07 Å². The zero-order valence-electron chi connectivity index (χ0n) is 13.5. The molecule has 1 aromatic carbocycles. The summed E-state index contributed by atoms with van der Waals surface area (Å²) >= 11 is 0. The normalized spacial score (nSPS) is 12.9. The molecule has 0 unspecified atom stereocenters. The maximum atomic E-state index is 13.4. The summed E-state index contributed by atoms with van der Waals surface area (Å²) in [5.41, 5.74) is 0.889. The van der Waals surface area contributed by atoms with E-state index in [2.05, 4.69) is 15.1 Å². The number of nitrogens with one attached hydrogen (secondary N) is 1. The second kappa shape index (κ2) is 6.12. The van der Waals surface area contributed by atoms with E-state index < -0.39 is 11.6 Å². The van der Waals surface area contributed by atoms with E-state index in [4.69, 9.17) is 0 Å². The molecular weight excluding hydrogens is 316 g/mol. The van der Waals surface area contributed by atoms with E-state index in [-0.39, 0.29) is 11.6 Å². The van der Waals surface area contributed by atoms with Crippen molar-refractivity contribution >= 4 is 11.0 Å². The maximum absolute atomic E-state index is 13.4. The number of rotatable bonds is 4. The number of nitrogens with zero attached hydrogens (tertiary/aromatic N) is 4. The number of H-pyrrole nitrogens is 1. The number of halogens is 2. The summed E-state index contributed by atoms with van der Waals surface area (Å²) in [6, 6.07) is 3.64. The molecule has 3 aromatic rings. The third-order valence-electron chi connectivity index (χ3n) is 4.14. The van der Waals surface area contributed by atoms with E-state index in [0.29, 0.717) is 29.0 Å². The lowest BCUT2D eigenvalue weighted by molar-refractivity contribution is 0.246. The summed E-state index contributed by atoms with van der Waals surface area (Å²) in [6.07, 6.45) is 1.47. The Morgan fingerprint density at radius 1 is 1.33 bits per heavy atom. The number of fused-ring (bicyclic) bond motifs is 1. The van der Waals surface area contributed by atoms with Crippen molar-refractivity contribution in [2.75, 3.05) is 7.05 Å². The monoisotopic (exact) mass is 333 g/mol. The summed E-state index contributed by atoms with van der Waals surface area (Å²) < 4.78 is 28.0. The van der Waals surface area contributed by atoms with E-state index >= 15 is 0 Å². The Morgan fingerprint density at radius 3 is 2.79 bits per heavy atom. The van der Waals surface area contributed by atoms with E-state index in [1.165, 1.54) is 16.9 Å². The molecule has 0 radical (unpaired) electrons. The van der Waals surface area contributed by atoms with Gasteiger partial charge in [-0.05, 0) is 31.7 Å². The molecule has 0 aliphatic heterocycles. The second-order valence-corrected chi connectivity index (χ2v) is 5.78. The van der Waals surface area contributed by atoms with Crippen LogP contribution in [0, 0.1) is 11.6 Å². The molecule has 0 bridgehead atoms. The largest absolute Gasteiger partial charge is 0.309 e. The standard InChI is InChI=1S/C16H17F2N5O/c1-9(10-4-5-12(17)13(18)6-10)22(2)8-14-20-15-11(16(24)21-14)7-19-23(15)3/h4-7,9H,8H2,1-3H3,(H,20,21,24)/t9-/m0/s1. The van der Waals surface area contributed by atoms with Crippen molar-refractivity contribution in [3.63, 3.8) is 0 Å². The van der Waals surface area contributed by atoms with Gasteiger partial charge in [-0.25, -0.2) is 13.8 Å². The third kappa shape index (κ3) is 2.92. The van der Waals surface area contributed by atoms with Crippen LogP contribution in [-0.4, -0.2) is 31.7 Å². The average molecular weight is 333 g/mol. The molecule has 3 rings (SSSR count). The van der Waals surface area contributed by atoms with Gasteiger partial charge in [0.05, 0.1) is 12.7 Å². The summed E-state index contributed by atoms with van der Waals surface area (Å²) in [7, 11) is 3.53. The van der Waals surface area contributed by atoms with Crippen molar-refractivity contribution in [3.8, 4) is 0 Å². The molecule has 1 atom stereocenters. The molecule has 2 aromatic heterocycles. The molecule has 0 aliphatic rings. The first kappa shape index (κ1) is 16.3. The van der Waals surface area contributed by atoms with Gasteiger partial charge < -0.3 is 4.98 Å². The van der Waals surface area contributed by atoms with Gasteiger partial charge in [-0.15, -0.1) is 0 Å². The van der Waals surface area contributed by atoms with E-state index in [0.717, 1.165) is 6.07 Å². The summed E-state index contributed by atoms with van der Waals surface area (Å²) in [6.45, 7) is 2.21. The Balaban J connectivity index is 1.86. The Morgan fingerprint density at radius 2 is 2.08 bits per heavy atom. The number of aromatic amines is 1. The van der Waals surface area contributed by atoms with Crippen LogP contribution in [0.1, 0.15) is 24.4 Å². The lowest BCUT2D eigenvalue weighted by Crippen LogP contribution is -2.25. The molecule has 0 fully saturated rings. The minimum Gasteiger partial charge on any atom is -0.309 e. The van der Waals surface area contributed by atoms with Crippen LogP contribution in [0.15, 0.2) is 29.2 Å². The summed E-state index contributed by atoms with van der Waals surface area (Å²) in [5, 5.41) is 4.45. The number of hydrogen-bond donors (Lipinski definition) is 1. The predicted molar refractivity (Wildman–Crippen MR) is 85.4 cm³/mol. The topological polar surface area (TPSA) is 66.8 Å². The Bertz CT molecular complexity index is 949. The van der Waals surface area contributed by atoms with Crippen molar-refractivity contribution < 1.29 is 8.78 Å². The maximum Gasteiger partial charge on any atom is 0.262 e. The Kier molecular flexibility index (Phi) is 4.15. The highest BCUT2D eigenvalue weighted by Gasteiger charge is 2.16. The number of hydrogen-bond acceptors (Lipinski definition) is 4. The van der Waals surface area contributed by atoms with Crippen LogP contribution in [0.25, 0.3) is 11.0 Å². The highest BCUT2D eigenvalue weighted by atomic mass is 19.2. The van der Waals surface area contributed by atoms with Crippen LogP contribution in [0.3, 0.4) is 0 Å². The predicted octanol–water partition coefficient (Wildman–Crippen LogP) is 2.13. The summed E-state index contributed by atoms with van der Waals surface area (Å²) in [5.74, 6) is -1.27. The molecule has 1 N–H and O–H groups in total. The highest BCUT2D eigenvalue weighted by molar-refractivity contribution is 5.72. The van der Waals surface area contributed by atoms with Crippen LogP contribution >= 0.6 is 0 Å². The molecule has 0 aliphatic carbocycles.